The molecule has 0 bridgehead atoms. The largest absolute Gasteiger partial charge is 0.493 e. The average molecular weight is 450 g/mol. The number of para-hydroxylation sites is 1. The zero-order valence-corrected chi connectivity index (χ0v) is 18.6. The van der Waals surface area contributed by atoms with Crippen LogP contribution in [0.5, 0.6) is 11.5 Å². The molecule has 1 amide bonds. The molecule has 0 radical (unpaired) electrons. The number of benzene rings is 2. The van der Waals surface area contributed by atoms with Crippen LogP contribution in [0.3, 0.4) is 0 Å². The molecule has 3 rings (SSSR count). The molecular formula is C23H25Cl2NO4. The van der Waals surface area contributed by atoms with Crippen LogP contribution in [0.15, 0.2) is 36.4 Å². The topological polar surface area (TPSA) is 55.8 Å². The number of nitrogens with zero attached hydrogens (tertiary/aromatic N) is 1. The standard InChI is InChI=1S/C23H25Cl2NO4/c1-29-20-5-3-4-16(23(20)30-2)7-9-21(27)26-12-10-15(11-13-26)22(28)17-6-8-18(24)19(25)14-17/h3-6,8,14-15H,7,9-13H2,1-2H3. The number of likely N-dealkylation sites (tertiary alicyclic amines) is 1. The fraction of sp³-hybridized carbons (Fsp3) is 0.391. The van der Waals surface area contributed by atoms with Crippen LogP contribution < -0.4 is 9.47 Å². The Bertz CT molecular complexity index is 923. The van der Waals surface area contributed by atoms with Crippen molar-refractivity contribution in [3.8, 4) is 11.5 Å². The van der Waals surface area contributed by atoms with E-state index in [-0.39, 0.29) is 17.6 Å². The van der Waals surface area contributed by atoms with Gasteiger partial charge in [-0.1, -0.05) is 35.3 Å². The summed E-state index contributed by atoms with van der Waals surface area (Å²) in [6, 6.07) is 10.6. The summed E-state index contributed by atoms with van der Waals surface area (Å²) in [5, 5.41) is 0.810. The van der Waals surface area contributed by atoms with Crippen molar-refractivity contribution in [3.63, 3.8) is 0 Å². The van der Waals surface area contributed by atoms with Crippen molar-refractivity contribution >= 4 is 34.9 Å². The predicted molar refractivity (Wildman–Crippen MR) is 118 cm³/mol. The van der Waals surface area contributed by atoms with Gasteiger partial charge in [0.05, 0.1) is 24.3 Å². The third kappa shape index (κ3) is 5.08. The van der Waals surface area contributed by atoms with E-state index in [0.29, 0.717) is 65.9 Å². The maximum absolute atomic E-state index is 12.8. The van der Waals surface area contributed by atoms with E-state index in [4.69, 9.17) is 32.7 Å². The zero-order chi connectivity index (χ0) is 21.7. The Morgan fingerprint density at radius 3 is 2.40 bits per heavy atom. The number of hydrogen-bond donors (Lipinski definition) is 0. The Morgan fingerprint density at radius 2 is 1.77 bits per heavy atom. The smallest absolute Gasteiger partial charge is 0.222 e. The third-order valence-electron chi connectivity index (χ3n) is 5.52. The van der Waals surface area contributed by atoms with Gasteiger partial charge in [0.15, 0.2) is 17.3 Å². The fourth-order valence-corrected chi connectivity index (χ4v) is 4.12. The van der Waals surface area contributed by atoms with Gasteiger partial charge < -0.3 is 14.4 Å². The van der Waals surface area contributed by atoms with Crippen LogP contribution in [0.1, 0.15) is 35.2 Å². The second kappa shape index (κ2) is 10.2. The van der Waals surface area contributed by atoms with Crippen LogP contribution in [0.2, 0.25) is 10.0 Å². The van der Waals surface area contributed by atoms with Crippen molar-refractivity contribution in [2.24, 2.45) is 5.92 Å². The molecule has 0 aliphatic carbocycles. The number of piperidine rings is 1. The zero-order valence-electron chi connectivity index (χ0n) is 17.1. The number of amides is 1. The van der Waals surface area contributed by atoms with Gasteiger partial charge in [-0.3, -0.25) is 9.59 Å². The average Bonchev–Trinajstić information content (AvgIpc) is 2.78. The van der Waals surface area contributed by atoms with Crippen molar-refractivity contribution in [1.82, 2.24) is 4.90 Å². The lowest BCUT2D eigenvalue weighted by Crippen LogP contribution is -2.40. The Balaban J connectivity index is 1.54. The second-order valence-corrected chi connectivity index (χ2v) is 8.12. The molecule has 2 aromatic rings. The number of aryl methyl sites for hydroxylation is 1. The molecule has 1 aliphatic heterocycles. The molecule has 160 valence electrons. The summed E-state index contributed by atoms with van der Waals surface area (Å²) in [5.41, 5.74) is 1.51. The third-order valence-corrected chi connectivity index (χ3v) is 6.25. The minimum absolute atomic E-state index is 0.0572. The molecule has 0 spiro atoms. The molecule has 5 nitrogen and oxygen atoms in total. The minimum atomic E-state index is -0.107. The first-order valence-corrected chi connectivity index (χ1v) is 10.7. The Hall–Kier alpha value is -2.24. The van der Waals surface area contributed by atoms with Crippen LogP contribution in [-0.2, 0) is 11.2 Å². The second-order valence-electron chi connectivity index (χ2n) is 7.30. The first-order valence-electron chi connectivity index (χ1n) is 9.91. The summed E-state index contributed by atoms with van der Waals surface area (Å²) in [5.74, 6) is 1.36. The SMILES string of the molecule is COc1cccc(CCC(=O)N2CCC(C(=O)c3ccc(Cl)c(Cl)c3)CC2)c1OC. The quantitative estimate of drug-likeness (QED) is 0.553. The summed E-state index contributed by atoms with van der Waals surface area (Å²) in [6.45, 7) is 1.15. The van der Waals surface area contributed by atoms with E-state index in [9.17, 15) is 9.59 Å². The van der Waals surface area contributed by atoms with Crippen molar-refractivity contribution in [2.45, 2.75) is 25.7 Å². The van der Waals surface area contributed by atoms with E-state index < -0.39 is 0 Å². The lowest BCUT2D eigenvalue weighted by atomic mass is 9.88. The van der Waals surface area contributed by atoms with Gasteiger partial charge in [0.2, 0.25) is 5.91 Å². The highest BCUT2D eigenvalue weighted by Gasteiger charge is 2.28. The molecule has 1 fully saturated rings. The van der Waals surface area contributed by atoms with Gasteiger partial charge >= 0.3 is 0 Å². The van der Waals surface area contributed by atoms with Gasteiger partial charge in [-0.05, 0) is 49.1 Å². The monoisotopic (exact) mass is 449 g/mol. The molecule has 7 heteroatoms. The number of carbonyl (C=O) groups excluding carboxylic acids is 2. The Kier molecular flexibility index (Phi) is 7.62. The number of ketones is 1. The molecule has 0 unspecified atom stereocenters. The van der Waals surface area contributed by atoms with Gasteiger partial charge in [0.25, 0.3) is 0 Å². The molecule has 1 saturated heterocycles. The highest BCUT2D eigenvalue weighted by Crippen LogP contribution is 2.32. The molecule has 0 atom stereocenters. The summed E-state index contributed by atoms with van der Waals surface area (Å²) in [7, 11) is 3.19. The van der Waals surface area contributed by atoms with Gasteiger partial charge in [-0.25, -0.2) is 0 Å². The van der Waals surface area contributed by atoms with Gasteiger partial charge in [-0.2, -0.15) is 0 Å². The van der Waals surface area contributed by atoms with Gasteiger partial charge in [-0.15, -0.1) is 0 Å². The summed E-state index contributed by atoms with van der Waals surface area (Å²) < 4.78 is 10.8. The molecular weight excluding hydrogens is 425 g/mol. The summed E-state index contributed by atoms with van der Waals surface area (Å²) >= 11 is 12.0. The van der Waals surface area contributed by atoms with E-state index >= 15 is 0 Å². The van der Waals surface area contributed by atoms with Crippen LogP contribution in [0, 0.1) is 5.92 Å². The lowest BCUT2D eigenvalue weighted by Gasteiger charge is -2.31. The Morgan fingerprint density at radius 1 is 1.03 bits per heavy atom. The maximum atomic E-state index is 12.8. The van der Waals surface area contributed by atoms with Gasteiger partial charge in [0, 0.05) is 31.0 Å². The van der Waals surface area contributed by atoms with Crippen LogP contribution in [-0.4, -0.2) is 43.9 Å². The van der Waals surface area contributed by atoms with Crippen molar-refractivity contribution in [3.05, 3.63) is 57.6 Å². The van der Waals surface area contributed by atoms with E-state index in [1.807, 2.05) is 23.1 Å². The number of ether oxygens (including phenoxy) is 2. The number of hydrogen-bond acceptors (Lipinski definition) is 4. The van der Waals surface area contributed by atoms with E-state index in [1.54, 1.807) is 32.4 Å². The number of Topliss-reactive ketones (excluding diaryl/α,β-unsaturated/α-hetero) is 1. The van der Waals surface area contributed by atoms with E-state index in [0.717, 1.165) is 5.56 Å². The number of halogens is 2. The first-order chi connectivity index (χ1) is 14.4. The number of rotatable bonds is 7. The van der Waals surface area contributed by atoms with Crippen molar-refractivity contribution in [2.75, 3.05) is 27.3 Å². The number of methoxy groups -OCH3 is 2. The highest BCUT2D eigenvalue weighted by molar-refractivity contribution is 6.42. The van der Waals surface area contributed by atoms with E-state index in [1.165, 1.54) is 0 Å². The van der Waals surface area contributed by atoms with Crippen LogP contribution >= 0.6 is 23.2 Å². The number of carbonyl (C=O) groups is 2. The van der Waals surface area contributed by atoms with Crippen molar-refractivity contribution < 1.29 is 19.1 Å². The predicted octanol–water partition coefficient (Wildman–Crippen LogP) is 5.06. The molecule has 30 heavy (non-hydrogen) atoms. The molecule has 0 saturated carbocycles. The maximum Gasteiger partial charge on any atom is 0.222 e. The lowest BCUT2D eigenvalue weighted by molar-refractivity contribution is -0.132. The minimum Gasteiger partial charge on any atom is -0.493 e. The van der Waals surface area contributed by atoms with Crippen LogP contribution in [0.25, 0.3) is 0 Å². The van der Waals surface area contributed by atoms with Gasteiger partial charge in [0.1, 0.15) is 0 Å². The molecule has 0 N–H and O–H groups in total. The summed E-state index contributed by atoms with van der Waals surface area (Å²) in [4.78, 5) is 27.3. The highest BCUT2D eigenvalue weighted by atomic mass is 35.5. The van der Waals surface area contributed by atoms with E-state index in [2.05, 4.69) is 0 Å². The fourth-order valence-electron chi connectivity index (χ4n) is 3.83. The van der Waals surface area contributed by atoms with Crippen molar-refractivity contribution in [1.29, 1.82) is 0 Å². The van der Waals surface area contributed by atoms with Crippen LogP contribution in [0.4, 0.5) is 0 Å². The summed E-state index contributed by atoms with van der Waals surface area (Å²) in [6.07, 6.45) is 2.25. The molecule has 1 heterocycles. The molecule has 2 aromatic carbocycles. The first kappa shape index (κ1) is 22.4. The normalized spacial score (nSPS) is 14.5. The molecule has 0 aromatic heterocycles. The molecule has 1 aliphatic rings. The Labute approximate surface area is 186 Å².